The first-order valence-electron chi connectivity index (χ1n) is 8.36. The van der Waals surface area contributed by atoms with Crippen molar-refractivity contribution in [2.45, 2.75) is 19.9 Å². The lowest BCUT2D eigenvalue weighted by Crippen LogP contribution is -2.01. The van der Waals surface area contributed by atoms with Gasteiger partial charge < -0.3 is 4.57 Å². The highest BCUT2D eigenvalue weighted by Gasteiger charge is 2.10. The van der Waals surface area contributed by atoms with Crippen LogP contribution in [0.3, 0.4) is 0 Å². The van der Waals surface area contributed by atoms with E-state index in [2.05, 4.69) is 25.4 Å². The summed E-state index contributed by atoms with van der Waals surface area (Å²) in [5.41, 5.74) is 4.48. The van der Waals surface area contributed by atoms with Gasteiger partial charge in [0.15, 0.2) is 0 Å². The molecular weight excluding hydrogens is 331 g/mol. The third-order valence-electron chi connectivity index (χ3n) is 4.26. The van der Waals surface area contributed by atoms with Gasteiger partial charge in [-0.05, 0) is 24.1 Å². The average Bonchev–Trinajstić information content (AvgIpc) is 3.36. The maximum Gasteiger partial charge on any atom is 0.131 e. The Morgan fingerprint density at radius 1 is 1.08 bits per heavy atom. The second-order valence-corrected chi connectivity index (χ2v) is 5.96. The molecule has 1 N–H and O–H groups in total. The third kappa shape index (κ3) is 3.11. The van der Waals surface area contributed by atoms with E-state index < -0.39 is 0 Å². The Balaban J connectivity index is 1.60. The third-order valence-corrected chi connectivity index (χ3v) is 4.26. The number of aromatic nitrogens is 6. The molecule has 0 aliphatic carbocycles. The van der Waals surface area contributed by atoms with Gasteiger partial charge in [-0.1, -0.05) is 30.3 Å². The molecule has 0 amide bonds. The van der Waals surface area contributed by atoms with Crippen molar-refractivity contribution in [1.29, 1.82) is 0 Å². The standard InChI is InChI=1S/C19H17FN6/c1-2-13-4-3-5-15(19(13)20)10-26-11-18(22-12-26)16-8-14(6-7-21-16)17-9-23-25-24-17/h3-9,11-12H,2,10H2,1H3,(H,23,24,25). The molecule has 0 radical (unpaired) electrons. The van der Waals surface area contributed by atoms with Gasteiger partial charge in [-0.3, -0.25) is 10.1 Å². The maximum atomic E-state index is 14.4. The molecule has 0 aliphatic heterocycles. The second kappa shape index (κ2) is 6.87. The summed E-state index contributed by atoms with van der Waals surface area (Å²) < 4.78 is 16.3. The molecule has 130 valence electrons. The van der Waals surface area contributed by atoms with Gasteiger partial charge in [0.25, 0.3) is 0 Å². The lowest BCUT2D eigenvalue weighted by atomic mass is 10.1. The summed E-state index contributed by atoms with van der Waals surface area (Å²) in [5, 5.41) is 10.4. The van der Waals surface area contributed by atoms with Gasteiger partial charge in [-0.2, -0.15) is 0 Å². The molecule has 0 atom stereocenters. The number of aromatic amines is 1. The molecule has 0 spiro atoms. The molecule has 6 nitrogen and oxygen atoms in total. The molecule has 26 heavy (non-hydrogen) atoms. The van der Waals surface area contributed by atoms with Gasteiger partial charge in [-0.15, -0.1) is 5.10 Å². The van der Waals surface area contributed by atoms with Crippen LogP contribution in [0.15, 0.2) is 55.2 Å². The quantitative estimate of drug-likeness (QED) is 0.599. The van der Waals surface area contributed by atoms with Gasteiger partial charge in [0.05, 0.1) is 18.6 Å². The molecule has 0 bridgehead atoms. The van der Waals surface area contributed by atoms with Gasteiger partial charge in [0.2, 0.25) is 0 Å². The number of halogens is 1. The summed E-state index contributed by atoms with van der Waals surface area (Å²) in [5.74, 6) is -0.142. The van der Waals surface area contributed by atoms with Crippen LogP contribution in [0.1, 0.15) is 18.1 Å². The van der Waals surface area contributed by atoms with Crippen molar-refractivity contribution >= 4 is 0 Å². The van der Waals surface area contributed by atoms with Gasteiger partial charge in [0.1, 0.15) is 17.2 Å². The fourth-order valence-corrected chi connectivity index (χ4v) is 2.88. The molecule has 0 aliphatic rings. The zero-order valence-corrected chi connectivity index (χ0v) is 14.2. The Morgan fingerprint density at radius 2 is 1.96 bits per heavy atom. The Labute approximate surface area is 149 Å². The summed E-state index contributed by atoms with van der Waals surface area (Å²) >= 11 is 0. The fourth-order valence-electron chi connectivity index (χ4n) is 2.88. The van der Waals surface area contributed by atoms with E-state index in [-0.39, 0.29) is 5.82 Å². The van der Waals surface area contributed by atoms with E-state index in [1.165, 1.54) is 0 Å². The Kier molecular flexibility index (Phi) is 4.27. The largest absolute Gasteiger partial charge is 0.332 e. The maximum absolute atomic E-state index is 14.4. The topological polar surface area (TPSA) is 72.3 Å². The van der Waals surface area contributed by atoms with Crippen LogP contribution in [-0.4, -0.2) is 29.9 Å². The van der Waals surface area contributed by atoms with E-state index in [1.54, 1.807) is 24.8 Å². The van der Waals surface area contributed by atoms with Crippen molar-refractivity contribution in [2.75, 3.05) is 0 Å². The number of H-pyrrole nitrogens is 1. The highest BCUT2D eigenvalue weighted by molar-refractivity contribution is 5.65. The van der Waals surface area contributed by atoms with Crippen molar-refractivity contribution < 1.29 is 4.39 Å². The number of rotatable bonds is 5. The molecule has 0 saturated heterocycles. The highest BCUT2D eigenvalue weighted by Crippen LogP contribution is 2.22. The van der Waals surface area contributed by atoms with E-state index in [1.807, 2.05) is 42.0 Å². The Bertz CT molecular complexity index is 1020. The van der Waals surface area contributed by atoms with E-state index >= 15 is 0 Å². The minimum absolute atomic E-state index is 0.142. The Morgan fingerprint density at radius 3 is 2.77 bits per heavy atom. The van der Waals surface area contributed by atoms with Crippen LogP contribution in [0, 0.1) is 5.82 Å². The van der Waals surface area contributed by atoms with Crippen molar-refractivity contribution in [3.05, 3.63) is 72.2 Å². The number of imidazole rings is 1. The minimum atomic E-state index is -0.142. The Hall–Kier alpha value is -3.35. The monoisotopic (exact) mass is 348 g/mol. The second-order valence-electron chi connectivity index (χ2n) is 5.96. The molecule has 1 aromatic carbocycles. The summed E-state index contributed by atoms with van der Waals surface area (Å²) in [4.78, 5) is 8.79. The lowest BCUT2D eigenvalue weighted by molar-refractivity contribution is 0.585. The zero-order valence-electron chi connectivity index (χ0n) is 14.2. The molecule has 0 saturated carbocycles. The van der Waals surface area contributed by atoms with Gasteiger partial charge in [-0.25, -0.2) is 9.37 Å². The molecule has 3 heterocycles. The molecule has 0 unspecified atom stereocenters. The predicted octanol–water partition coefficient (Wildman–Crippen LogP) is 3.48. The molecular formula is C19H17FN6. The van der Waals surface area contributed by atoms with E-state index in [9.17, 15) is 4.39 Å². The van der Waals surface area contributed by atoms with Crippen LogP contribution in [0.4, 0.5) is 4.39 Å². The van der Waals surface area contributed by atoms with Crippen LogP contribution >= 0.6 is 0 Å². The summed E-state index contributed by atoms with van der Waals surface area (Å²) in [6, 6.07) is 9.28. The van der Waals surface area contributed by atoms with Crippen LogP contribution < -0.4 is 0 Å². The number of aryl methyl sites for hydroxylation is 1. The first-order valence-corrected chi connectivity index (χ1v) is 8.36. The van der Waals surface area contributed by atoms with Gasteiger partial charge in [0, 0.05) is 29.7 Å². The van der Waals surface area contributed by atoms with E-state index in [0.29, 0.717) is 18.5 Å². The zero-order chi connectivity index (χ0) is 17.9. The summed E-state index contributed by atoms with van der Waals surface area (Å²) in [7, 11) is 0. The number of nitrogens with one attached hydrogen (secondary N) is 1. The predicted molar refractivity (Wildman–Crippen MR) is 95.7 cm³/mol. The van der Waals surface area contributed by atoms with E-state index in [4.69, 9.17) is 0 Å². The fraction of sp³-hybridized carbons (Fsp3) is 0.158. The summed E-state index contributed by atoms with van der Waals surface area (Å²) in [6.07, 6.45) is 7.67. The van der Waals surface area contributed by atoms with Crippen molar-refractivity contribution in [1.82, 2.24) is 29.9 Å². The smallest absolute Gasteiger partial charge is 0.131 e. The van der Waals surface area contributed by atoms with Gasteiger partial charge >= 0.3 is 0 Å². The van der Waals surface area contributed by atoms with Crippen molar-refractivity contribution in [3.8, 4) is 22.6 Å². The normalized spacial score (nSPS) is 11.0. The first kappa shape index (κ1) is 16.1. The number of nitrogens with zero attached hydrogens (tertiary/aromatic N) is 5. The minimum Gasteiger partial charge on any atom is -0.332 e. The van der Waals surface area contributed by atoms with E-state index in [0.717, 1.165) is 28.2 Å². The number of hydrogen-bond donors (Lipinski definition) is 1. The molecule has 0 fully saturated rings. The number of benzene rings is 1. The number of pyridine rings is 1. The van der Waals surface area contributed by atoms with Crippen LogP contribution in [0.25, 0.3) is 22.6 Å². The molecule has 7 heteroatoms. The highest BCUT2D eigenvalue weighted by atomic mass is 19.1. The SMILES string of the molecule is CCc1cccc(Cn2cnc(-c3cc(-c4c[nH]nn4)ccn3)c2)c1F. The molecule has 4 aromatic rings. The van der Waals surface area contributed by atoms with Crippen LogP contribution in [0.5, 0.6) is 0 Å². The molecule has 3 aromatic heterocycles. The average molecular weight is 348 g/mol. The van der Waals surface area contributed by atoms with Crippen LogP contribution in [-0.2, 0) is 13.0 Å². The summed E-state index contributed by atoms with van der Waals surface area (Å²) in [6.45, 7) is 2.38. The van der Waals surface area contributed by atoms with Crippen molar-refractivity contribution in [2.24, 2.45) is 0 Å². The lowest BCUT2D eigenvalue weighted by Gasteiger charge is -2.07. The van der Waals surface area contributed by atoms with Crippen LogP contribution in [0.2, 0.25) is 0 Å². The number of hydrogen-bond acceptors (Lipinski definition) is 4. The molecule has 4 rings (SSSR count). The van der Waals surface area contributed by atoms with Crippen molar-refractivity contribution in [3.63, 3.8) is 0 Å². The first-order chi connectivity index (χ1) is 12.7.